The Labute approximate surface area is 204 Å². The van der Waals surface area contributed by atoms with Crippen LogP contribution in [0.25, 0.3) is 0 Å². The molecule has 1 N–H and O–H groups in total. The monoisotopic (exact) mass is 486 g/mol. The summed E-state index contributed by atoms with van der Waals surface area (Å²) in [7, 11) is 1.88. The van der Waals surface area contributed by atoms with Crippen molar-refractivity contribution in [3.63, 3.8) is 0 Å². The number of anilines is 1. The predicted octanol–water partition coefficient (Wildman–Crippen LogP) is 5.70. The van der Waals surface area contributed by atoms with Crippen LogP contribution in [0, 0.1) is 5.82 Å². The van der Waals surface area contributed by atoms with Crippen LogP contribution in [0.3, 0.4) is 0 Å². The molecular weight excluding hydrogens is 450 g/mol. The molecule has 0 atom stereocenters. The molecule has 0 aromatic heterocycles. The molecule has 0 unspecified atom stereocenters. The van der Waals surface area contributed by atoms with Crippen molar-refractivity contribution in [1.29, 1.82) is 0 Å². The molecule has 0 spiro atoms. The van der Waals surface area contributed by atoms with E-state index in [1.54, 1.807) is 6.07 Å². The fourth-order valence-electron chi connectivity index (χ4n) is 3.94. The maximum Gasteiger partial charge on any atom is 0.150 e. The van der Waals surface area contributed by atoms with Gasteiger partial charge in [0, 0.05) is 39.3 Å². The van der Waals surface area contributed by atoms with Crippen molar-refractivity contribution in [2.45, 2.75) is 51.2 Å². The Morgan fingerprint density at radius 3 is 2.41 bits per heavy atom. The summed E-state index contributed by atoms with van der Waals surface area (Å²) < 4.78 is 20.1. The third-order valence-electron chi connectivity index (χ3n) is 6.05. The lowest BCUT2D eigenvalue weighted by molar-refractivity contribution is -0.0275. The van der Waals surface area contributed by atoms with Crippen LogP contribution in [-0.2, 0) is 6.54 Å². The number of aliphatic hydroxyl groups is 1. The molecule has 2 aromatic rings. The van der Waals surface area contributed by atoms with E-state index in [9.17, 15) is 9.50 Å². The molecule has 2 aromatic carbocycles. The summed E-state index contributed by atoms with van der Waals surface area (Å²) in [6.07, 6.45) is 4.15. The zero-order valence-corrected chi connectivity index (χ0v) is 20.8. The number of unbranched alkanes of at least 4 members (excludes halogenated alkanes) is 1. The predicted molar refractivity (Wildman–Crippen MR) is 135 cm³/mol. The van der Waals surface area contributed by atoms with E-state index < -0.39 is 5.60 Å². The molecule has 32 heavy (non-hydrogen) atoms. The summed E-state index contributed by atoms with van der Waals surface area (Å²) in [5.74, 6) is 0.290. The summed E-state index contributed by atoms with van der Waals surface area (Å²) >= 11 is 0. The number of likely N-dealkylation sites (tertiary alicyclic amines) is 1. The van der Waals surface area contributed by atoms with Crippen molar-refractivity contribution in [2.75, 3.05) is 38.2 Å². The van der Waals surface area contributed by atoms with E-state index in [1.165, 1.54) is 11.6 Å². The number of halogens is 3. The van der Waals surface area contributed by atoms with Gasteiger partial charge in [0.1, 0.15) is 11.6 Å². The molecule has 7 heteroatoms. The van der Waals surface area contributed by atoms with E-state index >= 15 is 0 Å². The van der Waals surface area contributed by atoms with E-state index in [4.69, 9.17) is 4.74 Å². The van der Waals surface area contributed by atoms with Crippen LogP contribution in [0.15, 0.2) is 48.5 Å². The zero-order valence-electron chi connectivity index (χ0n) is 19.1. The topological polar surface area (TPSA) is 35.9 Å². The molecule has 180 valence electrons. The van der Waals surface area contributed by atoms with E-state index in [1.807, 2.05) is 24.1 Å². The highest BCUT2D eigenvalue weighted by Gasteiger charge is 2.32. The standard InChI is InChI=1S/C25H35FN2O2.2ClH/c1-3-4-18-30-22-10-11-24(23(26)19-22)27(2)15-12-25(29)13-16-28(17-14-25)20-21-8-6-5-7-9-21;;/h5-11,19,29H,3-4,12-18,20H2,1-2H3;2*1H. The van der Waals surface area contributed by atoms with Gasteiger partial charge in [-0.1, -0.05) is 43.7 Å². The summed E-state index contributed by atoms with van der Waals surface area (Å²) in [6, 6.07) is 15.5. The molecule has 0 bridgehead atoms. The number of ether oxygens (including phenoxy) is 1. The lowest BCUT2D eigenvalue weighted by atomic mass is 9.88. The van der Waals surface area contributed by atoms with E-state index in [-0.39, 0.29) is 30.6 Å². The van der Waals surface area contributed by atoms with E-state index in [0.717, 1.165) is 45.3 Å². The Hall–Kier alpha value is -1.53. The molecule has 3 rings (SSSR count). The van der Waals surface area contributed by atoms with Gasteiger partial charge < -0.3 is 14.7 Å². The number of hydrogen-bond acceptors (Lipinski definition) is 4. The molecule has 1 heterocycles. The van der Waals surface area contributed by atoms with Crippen LogP contribution in [0.5, 0.6) is 5.75 Å². The van der Waals surface area contributed by atoms with Gasteiger partial charge in [-0.3, -0.25) is 4.90 Å². The maximum atomic E-state index is 14.5. The summed E-state index contributed by atoms with van der Waals surface area (Å²) in [6.45, 7) is 6.01. The first kappa shape index (κ1) is 28.5. The van der Waals surface area contributed by atoms with Crippen molar-refractivity contribution >= 4 is 30.5 Å². The molecule has 1 aliphatic heterocycles. The Morgan fingerprint density at radius 2 is 1.78 bits per heavy atom. The van der Waals surface area contributed by atoms with Gasteiger partial charge in [0.05, 0.1) is 17.9 Å². The number of nitrogens with zero attached hydrogens (tertiary/aromatic N) is 2. The van der Waals surface area contributed by atoms with Crippen LogP contribution < -0.4 is 9.64 Å². The Balaban J connectivity index is 0.00000256. The number of rotatable bonds is 10. The first-order valence-electron chi connectivity index (χ1n) is 11.1. The lowest BCUT2D eigenvalue weighted by Gasteiger charge is -2.39. The number of hydrogen-bond donors (Lipinski definition) is 1. The van der Waals surface area contributed by atoms with Crippen LogP contribution >= 0.6 is 24.8 Å². The maximum absolute atomic E-state index is 14.5. The average Bonchev–Trinajstić information content (AvgIpc) is 2.75. The molecule has 1 fully saturated rings. The quantitative estimate of drug-likeness (QED) is 0.436. The summed E-state index contributed by atoms with van der Waals surface area (Å²) in [5.41, 5.74) is 1.17. The largest absolute Gasteiger partial charge is 0.493 e. The van der Waals surface area contributed by atoms with Crippen LogP contribution in [0.4, 0.5) is 10.1 Å². The molecular formula is C25H37Cl2FN2O2. The number of benzene rings is 2. The fraction of sp³-hybridized carbons (Fsp3) is 0.520. The zero-order chi connectivity index (χ0) is 21.4. The second-order valence-corrected chi connectivity index (χ2v) is 8.47. The summed E-state index contributed by atoms with van der Waals surface area (Å²) in [4.78, 5) is 4.28. The van der Waals surface area contributed by atoms with Crippen molar-refractivity contribution in [3.05, 3.63) is 59.9 Å². The third kappa shape index (κ3) is 8.43. The lowest BCUT2D eigenvalue weighted by Crippen LogP contribution is -2.45. The second kappa shape index (κ2) is 13.9. The highest BCUT2D eigenvalue weighted by atomic mass is 35.5. The fourth-order valence-corrected chi connectivity index (χ4v) is 3.94. The van der Waals surface area contributed by atoms with Crippen LogP contribution in [-0.4, -0.2) is 48.9 Å². The van der Waals surface area contributed by atoms with Crippen molar-refractivity contribution in [1.82, 2.24) is 4.90 Å². The Kier molecular flexibility index (Phi) is 12.4. The summed E-state index contributed by atoms with van der Waals surface area (Å²) in [5, 5.41) is 11.0. The molecule has 0 saturated carbocycles. The Bertz CT molecular complexity index is 787. The average molecular weight is 487 g/mol. The van der Waals surface area contributed by atoms with Gasteiger partial charge in [-0.2, -0.15) is 0 Å². The molecule has 1 saturated heterocycles. The number of piperidine rings is 1. The van der Waals surface area contributed by atoms with Crippen molar-refractivity contribution in [2.24, 2.45) is 0 Å². The molecule has 1 aliphatic rings. The minimum absolute atomic E-state index is 0. The van der Waals surface area contributed by atoms with Gasteiger partial charge in [0.2, 0.25) is 0 Å². The highest BCUT2D eigenvalue weighted by Crippen LogP contribution is 2.29. The van der Waals surface area contributed by atoms with Crippen molar-refractivity contribution in [3.8, 4) is 5.75 Å². The first-order valence-corrected chi connectivity index (χ1v) is 11.1. The van der Waals surface area contributed by atoms with E-state index in [0.29, 0.717) is 31.0 Å². The normalized spacial score (nSPS) is 15.4. The smallest absolute Gasteiger partial charge is 0.150 e. The van der Waals surface area contributed by atoms with E-state index in [2.05, 4.69) is 36.1 Å². The minimum Gasteiger partial charge on any atom is -0.493 e. The van der Waals surface area contributed by atoms with Crippen LogP contribution in [0.1, 0.15) is 44.6 Å². The highest BCUT2D eigenvalue weighted by molar-refractivity contribution is 5.85. The SMILES string of the molecule is CCCCOc1ccc(N(C)CCC2(O)CCN(Cc3ccccc3)CC2)c(F)c1.Cl.Cl. The molecule has 0 radical (unpaired) electrons. The molecule has 4 nitrogen and oxygen atoms in total. The van der Waals surface area contributed by atoms with Crippen molar-refractivity contribution < 1.29 is 14.2 Å². The van der Waals surface area contributed by atoms with Gasteiger partial charge in [-0.05, 0) is 43.4 Å². The van der Waals surface area contributed by atoms with Gasteiger partial charge >= 0.3 is 0 Å². The van der Waals surface area contributed by atoms with Crippen LogP contribution in [0.2, 0.25) is 0 Å². The Morgan fingerprint density at radius 1 is 1.09 bits per heavy atom. The van der Waals surface area contributed by atoms with Gasteiger partial charge in [0.25, 0.3) is 0 Å². The molecule has 0 aliphatic carbocycles. The van der Waals surface area contributed by atoms with Gasteiger partial charge in [0.15, 0.2) is 0 Å². The second-order valence-electron chi connectivity index (χ2n) is 8.47. The van der Waals surface area contributed by atoms with Gasteiger partial charge in [-0.25, -0.2) is 4.39 Å². The minimum atomic E-state index is -0.679. The third-order valence-corrected chi connectivity index (χ3v) is 6.05. The first-order chi connectivity index (χ1) is 14.5. The molecule has 0 amide bonds. The van der Waals surface area contributed by atoms with Gasteiger partial charge in [-0.15, -0.1) is 24.8 Å².